The number of nitrogens with zero attached hydrogens (tertiary/aromatic N) is 2. The second kappa shape index (κ2) is 9.72. The molecule has 0 bridgehead atoms. The Morgan fingerprint density at radius 1 is 1.21 bits per heavy atom. The second-order valence-corrected chi connectivity index (χ2v) is 6.85. The van der Waals surface area contributed by atoms with E-state index in [4.69, 9.17) is 14.7 Å². The van der Waals surface area contributed by atoms with Crippen LogP contribution in [0, 0.1) is 11.3 Å². The number of carbonyl (C=O) groups is 2. The average molecular weight is 443 g/mol. The molecule has 0 radical (unpaired) electrons. The minimum atomic E-state index is -0.184. The van der Waals surface area contributed by atoms with E-state index in [1.165, 1.54) is 18.1 Å². The van der Waals surface area contributed by atoms with Crippen molar-refractivity contribution >= 4 is 33.7 Å². The molecule has 0 fully saturated rings. The Bertz CT molecular complexity index is 944. The van der Waals surface area contributed by atoms with E-state index in [2.05, 4.69) is 15.9 Å². The maximum Gasteiger partial charge on any atom is 0.259 e. The Labute approximate surface area is 172 Å². The fourth-order valence-electron chi connectivity index (χ4n) is 2.22. The van der Waals surface area contributed by atoms with Crippen molar-refractivity contribution in [3.8, 4) is 17.6 Å². The monoisotopic (exact) mass is 442 g/mol. The van der Waals surface area contributed by atoms with Gasteiger partial charge >= 0.3 is 0 Å². The van der Waals surface area contributed by atoms with Crippen LogP contribution in [0.1, 0.15) is 21.5 Å². The molecule has 0 aliphatic rings. The van der Waals surface area contributed by atoms with Gasteiger partial charge in [0, 0.05) is 19.7 Å². The number of carbonyl (C=O) groups excluding carboxylic acids is 2. The van der Waals surface area contributed by atoms with Gasteiger partial charge in [0.05, 0.1) is 23.2 Å². The molecule has 0 spiro atoms. The van der Waals surface area contributed by atoms with Gasteiger partial charge in [0.15, 0.2) is 23.9 Å². The van der Waals surface area contributed by atoms with Crippen LogP contribution in [0.4, 0.5) is 0 Å². The van der Waals surface area contributed by atoms with Gasteiger partial charge in [-0.3, -0.25) is 9.59 Å². The number of hydrogen-bond donors (Lipinski definition) is 0. The lowest BCUT2D eigenvalue weighted by molar-refractivity contribution is -0.130. The van der Waals surface area contributed by atoms with Crippen LogP contribution in [-0.2, 0) is 4.79 Å². The van der Waals surface area contributed by atoms with E-state index in [-0.39, 0.29) is 18.3 Å². The van der Waals surface area contributed by atoms with E-state index in [1.54, 1.807) is 56.6 Å². The molecule has 144 valence electrons. The molecule has 0 saturated heterocycles. The smallest absolute Gasteiger partial charge is 0.259 e. The third-order valence-corrected chi connectivity index (χ3v) is 4.41. The summed E-state index contributed by atoms with van der Waals surface area (Å²) in [5.41, 5.74) is 1.71. The minimum Gasteiger partial charge on any atom is -0.493 e. The maximum absolute atomic E-state index is 12.3. The number of amides is 1. The molecule has 0 N–H and O–H groups in total. The highest BCUT2D eigenvalue weighted by atomic mass is 79.9. The second-order valence-electron chi connectivity index (χ2n) is 6.00. The summed E-state index contributed by atoms with van der Waals surface area (Å²) in [4.78, 5) is 25.4. The zero-order valence-corrected chi connectivity index (χ0v) is 17.3. The predicted molar refractivity (Wildman–Crippen MR) is 109 cm³/mol. The first-order valence-electron chi connectivity index (χ1n) is 8.28. The largest absolute Gasteiger partial charge is 0.493 e. The van der Waals surface area contributed by atoms with Crippen molar-refractivity contribution < 1.29 is 19.1 Å². The molecule has 6 nitrogen and oxygen atoms in total. The number of rotatable bonds is 7. The van der Waals surface area contributed by atoms with Crippen LogP contribution in [0.15, 0.2) is 46.9 Å². The standard InChI is InChI=1S/C21H19BrN2O4/c1-24(2)20(26)13-28-21-17(22)10-15(11-19(21)27-3)6-9-18(25)16-7-4-14(12-23)5-8-16/h4-11H,13H2,1-3H3. The summed E-state index contributed by atoms with van der Waals surface area (Å²) >= 11 is 3.41. The number of nitriles is 1. The predicted octanol–water partition coefficient (Wildman–Crippen LogP) is 3.69. The molecule has 2 aromatic rings. The van der Waals surface area contributed by atoms with Crippen LogP contribution in [0.3, 0.4) is 0 Å². The summed E-state index contributed by atoms with van der Waals surface area (Å²) in [5.74, 6) is 0.488. The summed E-state index contributed by atoms with van der Waals surface area (Å²) < 4.78 is 11.5. The average Bonchev–Trinajstić information content (AvgIpc) is 2.70. The number of halogens is 1. The molecular formula is C21H19BrN2O4. The van der Waals surface area contributed by atoms with Crippen LogP contribution in [-0.4, -0.2) is 44.4 Å². The molecular weight excluding hydrogens is 424 g/mol. The number of hydrogen-bond acceptors (Lipinski definition) is 5. The molecule has 0 aliphatic carbocycles. The zero-order chi connectivity index (χ0) is 20.7. The van der Waals surface area contributed by atoms with E-state index in [1.807, 2.05) is 6.07 Å². The molecule has 0 heterocycles. The number of ketones is 1. The normalized spacial score (nSPS) is 10.4. The molecule has 0 aromatic heterocycles. The topological polar surface area (TPSA) is 79.6 Å². The molecule has 1 amide bonds. The number of ether oxygens (including phenoxy) is 2. The first kappa shape index (κ1) is 21.2. The van der Waals surface area contributed by atoms with Crippen LogP contribution in [0.5, 0.6) is 11.5 Å². The first-order valence-corrected chi connectivity index (χ1v) is 9.08. The number of likely N-dealkylation sites (N-methyl/N-ethyl adjacent to an activating group) is 1. The lowest BCUT2D eigenvalue weighted by atomic mass is 10.1. The van der Waals surface area contributed by atoms with E-state index in [9.17, 15) is 9.59 Å². The summed E-state index contributed by atoms with van der Waals surface area (Å²) in [6, 6.07) is 11.9. The third-order valence-electron chi connectivity index (χ3n) is 3.82. The Hall–Kier alpha value is -3.11. The van der Waals surface area contributed by atoms with Crippen LogP contribution < -0.4 is 9.47 Å². The molecule has 0 atom stereocenters. The Morgan fingerprint density at radius 3 is 2.46 bits per heavy atom. The summed E-state index contributed by atoms with van der Waals surface area (Å²) in [5, 5.41) is 8.82. The summed E-state index contributed by atoms with van der Waals surface area (Å²) in [6.45, 7) is -0.117. The molecule has 0 aliphatic heterocycles. The number of methoxy groups -OCH3 is 1. The van der Waals surface area contributed by atoms with Gasteiger partial charge in [0.2, 0.25) is 0 Å². The van der Waals surface area contributed by atoms with Gasteiger partial charge in [-0.15, -0.1) is 0 Å². The van der Waals surface area contributed by atoms with E-state index < -0.39 is 0 Å². The van der Waals surface area contributed by atoms with Crippen molar-refractivity contribution in [1.29, 1.82) is 5.26 Å². The van der Waals surface area contributed by atoms with Gasteiger partial charge in [-0.1, -0.05) is 6.08 Å². The first-order chi connectivity index (χ1) is 13.3. The minimum absolute atomic E-state index is 0.117. The third kappa shape index (κ3) is 5.44. The Kier molecular flexibility index (Phi) is 7.36. The molecule has 28 heavy (non-hydrogen) atoms. The maximum atomic E-state index is 12.3. The lowest BCUT2D eigenvalue weighted by Gasteiger charge is -2.15. The lowest BCUT2D eigenvalue weighted by Crippen LogP contribution is -2.27. The van der Waals surface area contributed by atoms with Crippen LogP contribution >= 0.6 is 15.9 Å². The molecule has 7 heteroatoms. The van der Waals surface area contributed by atoms with Gasteiger partial charge in [-0.25, -0.2) is 0 Å². The number of benzene rings is 2. The van der Waals surface area contributed by atoms with E-state index in [0.717, 1.165) is 5.56 Å². The van der Waals surface area contributed by atoms with Crippen molar-refractivity contribution in [3.05, 3.63) is 63.6 Å². The Morgan fingerprint density at radius 2 is 1.89 bits per heavy atom. The van der Waals surface area contributed by atoms with Gasteiger partial charge in [0.25, 0.3) is 5.91 Å². The quantitative estimate of drug-likeness (QED) is 0.482. The van der Waals surface area contributed by atoms with Crippen molar-refractivity contribution in [2.45, 2.75) is 0 Å². The highest BCUT2D eigenvalue weighted by molar-refractivity contribution is 9.10. The summed E-state index contributed by atoms with van der Waals surface area (Å²) in [6.07, 6.45) is 3.10. The Balaban J connectivity index is 2.18. The van der Waals surface area contributed by atoms with Crippen LogP contribution in [0.2, 0.25) is 0 Å². The molecule has 2 rings (SSSR count). The van der Waals surface area contributed by atoms with Gasteiger partial charge in [0.1, 0.15) is 0 Å². The fourth-order valence-corrected chi connectivity index (χ4v) is 2.79. The fraction of sp³-hybridized carbons (Fsp3) is 0.190. The number of allylic oxidation sites excluding steroid dienone is 1. The van der Waals surface area contributed by atoms with Crippen LogP contribution in [0.25, 0.3) is 6.08 Å². The molecule has 0 saturated carbocycles. The van der Waals surface area contributed by atoms with Crippen molar-refractivity contribution in [3.63, 3.8) is 0 Å². The van der Waals surface area contributed by atoms with Crippen molar-refractivity contribution in [1.82, 2.24) is 4.90 Å². The van der Waals surface area contributed by atoms with Gasteiger partial charge < -0.3 is 14.4 Å². The highest BCUT2D eigenvalue weighted by Crippen LogP contribution is 2.37. The van der Waals surface area contributed by atoms with Crippen molar-refractivity contribution in [2.75, 3.05) is 27.8 Å². The van der Waals surface area contributed by atoms with Crippen molar-refractivity contribution in [2.24, 2.45) is 0 Å². The zero-order valence-electron chi connectivity index (χ0n) is 15.7. The van der Waals surface area contributed by atoms with E-state index in [0.29, 0.717) is 27.1 Å². The molecule has 2 aromatic carbocycles. The van der Waals surface area contributed by atoms with Gasteiger partial charge in [-0.05, 0) is 64.0 Å². The summed E-state index contributed by atoms with van der Waals surface area (Å²) in [7, 11) is 4.80. The molecule has 0 unspecified atom stereocenters. The van der Waals surface area contributed by atoms with E-state index >= 15 is 0 Å². The highest BCUT2D eigenvalue weighted by Gasteiger charge is 2.14. The van der Waals surface area contributed by atoms with Gasteiger partial charge in [-0.2, -0.15) is 5.26 Å². The SMILES string of the molecule is COc1cc(C=CC(=O)c2ccc(C#N)cc2)cc(Br)c1OCC(=O)N(C)C.